The maximum Gasteiger partial charge on any atom is 0.211 e. The van der Waals surface area contributed by atoms with E-state index in [4.69, 9.17) is 0 Å². The second kappa shape index (κ2) is 2.90. The van der Waals surface area contributed by atoms with Gasteiger partial charge >= 0.3 is 0 Å². The summed E-state index contributed by atoms with van der Waals surface area (Å²) in [5.41, 5.74) is 0.799. The summed E-state index contributed by atoms with van der Waals surface area (Å²) in [6.07, 6.45) is 3.35. The molecule has 2 aromatic heterocycles. The van der Waals surface area contributed by atoms with Crippen LogP contribution >= 0.6 is 12.6 Å². The van der Waals surface area contributed by atoms with Gasteiger partial charge in [0.15, 0.2) is 0 Å². The van der Waals surface area contributed by atoms with Gasteiger partial charge in [-0.05, 0) is 22.6 Å². The fourth-order valence-corrected chi connectivity index (χ4v) is 1.02. The lowest BCUT2D eigenvalue weighted by molar-refractivity contribution is 0.754. The molecule has 12 heavy (non-hydrogen) atoms. The summed E-state index contributed by atoms with van der Waals surface area (Å²) >= 11 is 4.06. The number of rotatable bonds is 1. The molecule has 0 bridgehead atoms. The van der Waals surface area contributed by atoms with Gasteiger partial charge in [-0.2, -0.15) is 4.68 Å². The largest absolute Gasteiger partial charge is 0.262 e. The van der Waals surface area contributed by atoms with Gasteiger partial charge in [-0.25, -0.2) is 0 Å². The van der Waals surface area contributed by atoms with Crippen molar-refractivity contribution in [3.05, 3.63) is 24.5 Å². The molecule has 60 valence electrons. The lowest BCUT2D eigenvalue weighted by Crippen LogP contribution is -1.97. The highest BCUT2D eigenvalue weighted by atomic mass is 32.1. The summed E-state index contributed by atoms with van der Waals surface area (Å²) in [4.78, 5) is 3.93. The zero-order valence-electron chi connectivity index (χ0n) is 5.99. The van der Waals surface area contributed by atoms with E-state index in [9.17, 15) is 0 Å². The Kier molecular flexibility index (Phi) is 1.75. The second-order valence-corrected chi connectivity index (χ2v) is 2.50. The zero-order chi connectivity index (χ0) is 8.39. The highest BCUT2D eigenvalue weighted by Gasteiger charge is 2.01. The molecule has 0 unspecified atom stereocenters. The third kappa shape index (κ3) is 1.16. The van der Waals surface area contributed by atoms with Gasteiger partial charge in [0.2, 0.25) is 5.16 Å². The molecule has 0 aliphatic heterocycles. The van der Waals surface area contributed by atoms with Crippen molar-refractivity contribution < 1.29 is 0 Å². The molecule has 0 spiro atoms. The van der Waals surface area contributed by atoms with Crippen molar-refractivity contribution in [1.82, 2.24) is 25.2 Å². The predicted molar refractivity (Wildman–Crippen MR) is 44.2 cm³/mol. The number of hydrogen-bond acceptors (Lipinski definition) is 5. The van der Waals surface area contributed by atoms with Crippen LogP contribution < -0.4 is 0 Å². The summed E-state index contributed by atoms with van der Waals surface area (Å²) in [6, 6.07) is 3.66. The molecule has 0 saturated heterocycles. The molecule has 2 heterocycles. The number of tetrazole rings is 1. The van der Waals surface area contributed by atoms with E-state index < -0.39 is 0 Å². The Morgan fingerprint density at radius 3 is 2.92 bits per heavy atom. The van der Waals surface area contributed by atoms with Crippen LogP contribution in [0.25, 0.3) is 5.69 Å². The molecule has 6 heteroatoms. The third-order valence-electron chi connectivity index (χ3n) is 1.34. The summed E-state index contributed by atoms with van der Waals surface area (Å²) < 4.78 is 1.50. The maximum absolute atomic E-state index is 4.06. The van der Waals surface area contributed by atoms with Crippen LogP contribution in [0.5, 0.6) is 0 Å². The Balaban J connectivity index is 2.51. The van der Waals surface area contributed by atoms with E-state index in [1.165, 1.54) is 4.68 Å². The minimum absolute atomic E-state index is 0.447. The van der Waals surface area contributed by atoms with Crippen molar-refractivity contribution in [2.24, 2.45) is 0 Å². The van der Waals surface area contributed by atoms with Crippen LogP contribution in [0.2, 0.25) is 0 Å². The molecule has 0 atom stereocenters. The standard InChI is InChI=1S/C6H5N5S/c12-6-8-9-10-11(6)5-2-1-3-7-4-5/h1-4H,(H,8,10,12). The summed E-state index contributed by atoms with van der Waals surface area (Å²) in [7, 11) is 0. The number of aromatic nitrogens is 5. The highest BCUT2D eigenvalue weighted by molar-refractivity contribution is 7.80. The molecule has 0 amide bonds. The number of pyridine rings is 1. The maximum atomic E-state index is 4.06. The first-order valence-electron chi connectivity index (χ1n) is 3.25. The SMILES string of the molecule is Sc1nnnn1-c1cccnc1. The van der Waals surface area contributed by atoms with Gasteiger partial charge in [0.1, 0.15) is 0 Å². The van der Waals surface area contributed by atoms with Crippen LogP contribution in [0, 0.1) is 0 Å². The van der Waals surface area contributed by atoms with Crippen LogP contribution in [-0.2, 0) is 0 Å². The van der Waals surface area contributed by atoms with Crippen LogP contribution in [0.3, 0.4) is 0 Å². The van der Waals surface area contributed by atoms with Gasteiger partial charge in [-0.1, -0.05) is 0 Å². The topological polar surface area (TPSA) is 56.5 Å². The van der Waals surface area contributed by atoms with Gasteiger partial charge in [0.25, 0.3) is 0 Å². The van der Waals surface area contributed by atoms with E-state index >= 15 is 0 Å². The van der Waals surface area contributed by atoms with Gasteiger partial charge in [-0.15, -0.1) is 17.7 Å². The first-order valence-corrected chi connectivity index (χ1v) is 3.70. The second-order valence-electron chi connectivity index (χ2n) is 2.10. The highest BCUT2D eigenvalue weighted by Crippen LogP contribution is 2.06. The molecule has 0 radical (unpaired) electrons. The molecule has 5 nitrogen and oxygen atoms in total. The van der Waals surface area contributed by atoms with Crippen molar-refractivity contribution in [3.8, 4) is 5.69 Å². The zero-order valence-corrected chi connectivity index (χ0v) is 6.89. The predicted octanol–water partition coefficient (Wildman–Crippen LogP) is 0.346. The molecule has 0 saturated carbocycles. The van der Waals surface area contributed by atoms with Gasteiger partial charge in [-0.3, -0.25) is 4.98 Å². The number of thiol groups is 1. The molecule has 0 N–H and O–H groups in total. The minimum atomic E-state index is 0.447. The van der Waals surface area contributed by atoms with Crippen LogP contribution in [0.4, 0.5) is 0 Å². The van der Waals surface area contributed by atoms with Crippen molar-refractivity contribution in [1.29, 1.82) is 0 Å². The number of hydrogen-bond donors (Lipinski definition) is 1. The Morgan fingerprint density at radius 2 is 2.33 bits per heavy atom. The molecular formula is C6H5N5S. The lowest BCUT2D eigenvalue weighted by Gasteiger charge is -1.97. The quantitative estimate of drug-likeness (QED) is 0.641. The van der Waals surface area contributed by atoms with E-state index in [1.807, 2.05) is 12.1 Å². The van der Waals surface area contributed by atoms with Crippen molar-refractivity contribution in [2.45, 2.75) is 5.16 Å². The van der Waals surface area contributed by atoms with E-state index in [2.05, 4.69) is 33.1 Å². The first-order chi connectivity index (χ1) is 5.88. The fraction of sp³-hybridized carbons (Fsp3) is 0. The molecule has 0 fully saturated rings. The Hall–Kier alpha value is -1.43. The van der Waals surface area contributed by atoms with Crippen LogP contribution in [-0.4, -0.2) is 25.2 Å². The van der Waals surface area contributed by atoms with E-state index in [-0.39, 0.29) is 0 Å². The van der Waals surface area contributed by atoms with Crippen LogP contribution in [0.1, 0.15) is 0 Å². The van der Waals surface area contributed by atoms with Crippen molar-refractivity contribution >= 4 is 12.6 Å². The smallest absolute Gasteiger partial charge is 0.211 e. The van der Waals surface area contributed by atoms with E-state index in [0.717, 1.165) is 5.69 Å². The summed E-state index contributed by atoms with van der Waals surface area (Å²) in [5.74, 6) is 0. The molecule has 2 aromatic rings. The van der Waals surface area contributed by atoms with Gasteiger partial charge in [0.05, 0.1) is 11.9 Å². The van der Waals surface area contributed by atoms with Crippen molar-refractivity contribution in [3.63, 3.8) is 0 Å². The molecular weight excluding hydrogens is 174 g/mol. The summed E-state index contributed by atoms with van der Waals surface area (Å²) in [6.45, 7) is 0. The Bertz CT molecular complexity index is 370. The van der Waals surface area contributed by atoms with Gasteiger partial charge < -0.3 is 0 Å². The third-order valence-corrected chi connectivity index (χ3v) is 1.62. The molecule has 0 aliphatic carbocycles. The van der Waals surface area contributed by atoms with Crippen LogP contribution in [0.15, 0.2) is 29.7 Å². The molecule has 2 rings (SSSR count). The average molecular weight is 179 g/mol. The number of nitrogens with zero attached hydrogens (tertiary/aromatic N) is 5. The normalized spacial score (nSPS) is 10.1. The molecule has 0 aliphatic rings. The Labute approximate surface area is 73.8 Å². The summed E-state index contributed by atoms with van der Waals surface area (Å²) in [5, 5.41) is 11.3. The Morgan fingerprint density at radius 1 is 1.42 bits per heavy atom. The molecule has 0 aromatic carbocycles. The van der Waals surface area contributed by atoms with Gasteiger partial charge in [0, 0.05) is 6.20 Å². The lowest BCUT2D eigenvalue weighted by atomic mass is 10.4. The van der Waals surface area contributed by atoms with E-state index in [0.29, 0.717) is 5.16 Å². The van der Waals surface area contributed by atoms with E-state index in [1.54, 1.807) is 12.4 Å². The van der Waals surface area contributed by atoms with Crippen molar-refractivity contribution in [2.75, 3.05) is 0 Å². The fourth-order valence-electron chi connectivity index (χ4n) is 0.829. The monoisotopic (exact) mass is 179 g/mol. The average Bonchev–Trinajstić information content (AvgIpc) is 2.53. The minimum Gasteiger partial charge on any atom is -0.262 e. The first kappa shape index (κ1) is 7.23.